The number of carbonyl (C=O) groups is 1. The molecule has 1 amide bonds. The third kappa shape index (κ3) is 5.12. The second-order valence-electron chi connectivity index (χ2n) is 6.83. The number of anilines is 1. The Hall–Kier alpha value is -2.29. The molecule has 27 heavy (non-hydrogen) atoms. The third-order valence-electron chi connectivity index (χ3n) is 4.83. The molecule has 1 atom stereocenters. The fourth-order valence-electron chi connectivity index (χ4n) is 3.59. The van der Waals surface area contributed by atoms with E-state index in [2.05, 4.69) is 15.6 Å². The number of alkyl halides is 3. The number of fused-ring (bicyclic) bond motifs is 1. The van der Waals surface area contributed by atoms with Crippen LogP contribution in [-0.4, -0.2) is 68.8 Å². The molecular formula is C18H24F3N5O. The van der Waals surface area contributed by atoms with Gasteiger partial charge in [-0.1, -0.05) is 18.2 Å². The second kappa shape index (κ2) is 8.16. The molecule has 148 valence electrons. The minimum atomic E-state index is -4.19. The van der Waals surface area contributed by atoms with Crippen molar-refractivity contribution in [3.63, 3.8) is 0 Å². The molecule has 1 saturated heterocycles. The molecule has 0 spiro atoms. The van der Waals surface area contributed by atoms with Gasteiger partial charge in [0.15, 0.2) is 5.96 Å². The Balaban J connectivity index is 1.47. The molecule has 0 radical (unpaired) electrons. The number of likely N-dealkylation sites (tertiary alicyclic amines) is 1. The minimum absolute atomic E-state index is 0.0620. The summed E-state index contributed by atoms with van der Waals surface area (Å²) in [5, 5.41) is 6.08. The average Bonchev–Trinajstić information content (AvgIpc) is 3.23. The van der Waals surface area contributed by atoms with Crippen LogP contribution in [0.4, 0.5) is 18.9 Å². The van der Waals surface area contributed by atoms with Crippen molar-refractivity contribution in [1.82, 2.24) is 15.5 Å². The maximum Gasteiger partial charge on any atom is 0.401 e. The first kappa shape index (κ1) is 19.5. The van der Waals surface area contributed by atoms with Crippen LogP contribution in [0.3, 0.4) is 0 Å². The van der Waals surface area contributed by atoms with Crippen molar-refractivity contribution in [2.75, 3.05) is 44.7 Å². The average molecular weight is 383 g/mol. The van der Waals surface area contributed by atoms with Crippen LogP contribution in [0, 0.1) is 0 Å². The maximum absolute atomic E-state index is 12.5. The van der Waals surface area contributed by atoms with Gasteiger partial charge in [0, 0.05) is 38.4 Å². The number of hydrogen-bond acceptors (Lipinski definition) is 3. The van der Waals surface area contributed by atoms with Crippen molar-refractivity contribution in [2.24, 2.45) is 4.99 Å². The Morgan fingerprint density at radius 2 is 2.07 bits per heavy atom. The van der Waals surface area contributed by atoms with Crippen molar-refractivity contribution >= 4 is 17.6 Å². The zero-order valence-corrected chi connectivity index (χ0v) is 15.2. The van der Waals surface area contributed by atoms with Gasteiger partial charge in [-0.2, -0.15) is 13.2 Å². The van der Waals surface area contributed by atoms with E-state index in [9.17, 15) is 18.0 Å². The Morgan fingerprint density at radius 1 is 1.30 bits per heavy atom. The number of carbonyl (C=O) groups excluding carboxylic acids is 1. The summed E-state index contributed by atoms with van der Waals surface area (Å²) < 4.78 is 37.5. The topological polar surface area (TPSA) is 60.0 Å². The normalized spacial score (nSPS) is 20.7. The van der Waals surface area contributed by atoms with Crippen molar-refractivity contribution < 1.29 is 18.0 Å². The molecule has 0 aromatic heterocycles. The Morgan fingerprint density at radius 3 is 2.81 bits per heavy atom. The molecule has 6 nitrogen and oxygen atoms in total. The molecule has 0 saturated carbocycles. The fraction of sp³-hybridized carbons (Fsp3) is 0.556. The number of halogens is 3. The number of guanidine groups is 1. The monoisotopic (exact) mass is 383 g/mol. The first-order chi connectivity index (χ1) is 12.9. The van der Waals surface area contributed by atoms with Gasteiger partial charge in [0.25, 0.3) is 0 Å². The first-order valence-corrected chi connectivity index (χ1v) is 9.00. The molecule has 1 aromatic rings. The van der Waals surface area contributed by atoms with E-state index in [0.29, 0.717) is 32.0 Å². The van der Waals surface area contributed by atoms with E-state index >= 15 is 0 Å². The zero-order chi connectivity index (χ0) is 19.4. The number of para-hydroxylation sites is 1. The standard InChI is InChI=1S/C18H24F3N5O/c1-22-17(24-14-7-8-25(11-14)12-18(19,20)21)23-10-16(27)26-9-6-13-4-2-3-5-15(13)26/h2-5,14H,6-12H2,1H3,(H2,22,23,24). The molecule has 1 aromatic carbocycles. The molecule has 2 aliphatic rings. The van der Waals surface area contributed by atoms with Crippen LogP contribution in [0.1, 0.15) is 12.0 Å². The highest BCUT2D eigenvalue weighted by molar-refractivity contribution is 5.98. The molecule has 9 heteroatoms. The summed E-state index contributed by atoms with van der Waals surface area (Å²) in [6.07, 6.45) is -2.75. The predicted octanol–water partition coefficient (Wildman–Crippen LogP) is 1.38. The molecule has 1 unspecified atom stereocenters. The van der Waals surface area contributed by atoms with Crippen LogP contribution in [0.5, 0.6) is 0 Å². The van der Waals surface area contributed by atoms with Crippen LogP contribution in [-0.2, 0) is 11.2 Å². The van der Waals surface area contributed by atoms with E-state index in [-0.39, 0.29) is 18.5 Å². The van der Waals surface area contributed by atoms with Gasteiger partial charge in [-0.05, 0) is 24.5 Å². The SMILES string of the molecule is CN=C(NCC(=O)N1CCc2ccccc21)NC1CCN(CC(F)(F)F)C1. The summed E-state index contributed by atoms with van der Waals surface area (Å²) in [5.74, 6) is 0.364. The number of nitrogens with zero attached hydrogens (tertiary/aromatic N) is 3. The summed E-state index contributed by atoms with van der Waals surface area (Å²) >= 11 is 0. The summed E-state index contributed by atoms with van der Waals surface area (Å²) in [6, 6.07) is 7.69. The number of amides is 1. The highest BCUT2D eigenvalue weighted by Gasteiger charge is 2.34. The number of nitrogens with one attached hydrogen (secondary N) is 2. The first-order valence-electron chi connectivity index (χ1n) is 9.00. The largest absolute Gasteiger partial charge is 0.401 e. The van der Waals surface area contributed by atoms with Gasteiger partial charge in [-0.3, -0.25) is 14.7 Å². The van der Waals surface area contributed by atoms with Crippen LogP contribution < -0.4 is 15.5 Å². The van der Waals surface area contributed by atoms with E-state index in [0.717, 1.165) is 17.7 Å². The van der Waals surface area contributed by atoms with Gasteiger partial charge in [0.1, 0.15) is 0 Å². The van der Waals surface area contributed by atoms with Crippen molar-refractivity contribution in [3.8, 4) is 0 Å². The number of rotatable bonds is 4. The summed E-state index contributed by atoms with van der Waals surface area (Å²) in [5.41, 5.74) is 2.09. The lowest BCUT2D eigenvalue weighted by Crippen LogP contribution is -2.48. The highest BCUT2D eigenvalue weighted by atomic mass is 19.4. The van der Waals surface area contributed by atoms with E-state index in [1.807, 2.05) is 24.3 Å². The molecular weight excluding hydrogens is 359 g/mol. The molecule has 2 aliphatic heterocycles. The van der Waals surface area contributed by atoms with Crippen LogP contribution in [0.15, 0.2) is 29.3 Å². The van der Waals surface area contributed by atoms with E-state index < -0.39 is 12.7 Å². The van der Waals surface area contributed by atoms with E-state index in [4.69, 9.17) is 0 Å². The van der Waals surface area contributed by atoms with Crippen molar-refractivity contribution in [3.05, 3.63) is 29.8 Å². The Bertz CT molecular complexity index is 706. The van der Waals surface area contributed by atoms with Gasteiger partial charge in [-0.15, -0.1) is 0 Å². The fourth-order valence-corrected chi connectivity index (χ4v) is 3.59. The number of aliphatic imine (C=N–C) groups is 1. The van der Waals surface area contributed by atoms with Gasteiger partial charge in [0.2, 0.25) is 5.91 Å². The molecule has 1 fully saturated rings. The molecule has 3 rings (SSSR count). The van der Waals surface area contributed by atoms with E-state index in [1.54, 1.807) is 11.9 Å². The second-order valence-corrected chi connectivity index (χ2v) is 6.83. The van der Waals surface area contributed by atoms with Crippen molar-refractivity contribution in [1.29, 1.82) is 0 Å². The Labute approximate surface area is 156 Å². The molecule has 2 N–H and O–H groups in total. The quantitative estimate of drug-likeness (QED) is 0.609. The van der Waals surface area contributed by atoms with E-state index in [1.165, 1.54) is 4.90 Å². The Kier molecular flexibility index (Phi) is 5.88. The third-order valence-corrected chi connectivity index (χ3v) is 4.83. The minimum Gasteiger partial charge on any atom is -0.352 e. The number of benzene rings is 1. The highest BCUT2D eigenvalue weighted by Crippen LogP contribution is 2.27. The van der Waals surface area contributed by atoms with Crippen LogP contribution in [0.2, 0.25) is 0 Å². The van der Waals surface area contributed by atoms with Gasteiger partial charge in [0.05, 0.1) is 13.1 Å². The maximum atomic E-state index is 12.5. The lowest BCUT2D eigenvalue weighted by Gasteiger charge is -2.21. The molecule has 2 heterocycles. The van der Waals surface area contributed by atoms with Gasteiger partial charge >= 0.3 is 6.18 Å². The molecule has 0 bridgehead atoms. The molecule has 0 aliphatic carbocycles. The van der Waals surface area contributed by atoms with Crippen LogP contribution >= 0.6 is 0 Å². The summed E-state index contributed by atoms with van der Waals surface area (Å²) in [6.45, 7) is 0.517. The predicted molar refractivity (Wildman–Crippen MR) is 97.9 cm³/mol. The number of hydrogen-bond donors (Lipinski definition) is 2. The lowest BCUT2D eigenvalue weighted by molar-refractivity contribution is -0.143. The van der Waals surface area contributed by atoms with Gasteiger partial charge in [-0.25, -0.2) is 0 Å². The van der Waals surface area contributed by atoms with Gasteiger partial charge < -0.3 is 15.5 Å². The summed E-state index contributed by atoms with van der Waals surface area (Å²) in [7, 11) is 1.58. The summed E-state index contributed by atoms with van der Waals surface area (Å²) in [4.78, 5) is 19.7. The smallest absolute Gasteiger partial charge is 0.352 e. The van der Waals surface area contributed by atoms with Crippen molar-refractivity contribution in [2.45, 2.75) is 25.1 Å². The lowest BCUT2D eigenvalue weighted by atomic mass is 10.2. The zero-order valence-electron chi connectivity index (χ0n) is 15.2. The van der Waals surface area contributed by atoms with Crippen LogP contribution in [0.25, 0.3) is 0 Å².